The van der Waals surface area contributed by atoms with Crippen LogP contribution < -0.4 is 0 Å². The molecule has 22 heavy (non-hydrogen) atoms. The van der Waals surface area contributed by atoms with Crippen LogP contribution in [0.1, 0.15) is 47.8 Å². The maximum atomic E-state index is 4.36. The summed E-state index contributed by atoms with van der Waals surface area (Å²) in [5, 5.41) is 2.91. The van der Waals surface area contributed by atoms with Crippen LogP contribution in [0.3, 0.4) is 0 Å². The van der Waals surface area contributed by atoms with E-state index in [4.69, 9.17) is 0 Å². The zero-order chi connectivity index (χ0) is 15.1. The topological polar surface area (TPSA) is 0 Å². The summed E-state index contributed by atoms with van der Waals surface area (Å²) in [7, 11) is 0. The molecule has 0 heteroatoms. The Bertz CT molecular complexity index is 791. The molecule has 4 rings (SSSR count). The molecule has 0 aromatic heterocycles. The first-order valence-corrected chi connectivity index (χ1v) is 8.31. The van der Waals surface area contributed by atoms with Gasteiger partial charge in [-0.1, -0.05) is 60.7 Å². The molecule has 0 saturated heterocycles. The summed E-state index contributed by atoms with van der Waals surface area (Å²) < 4.78 is 0. The van der Waals surface area contributed by atoms with Crippen molar-refractivity contribution in [2.75, 3.05) is 0 Å². The average Bonchev–Trinajstić information content (AvgIpc) is 2.57. The second-order valence-electron chi connectivity index (χ2n) is 6.58. The van der Waals surface area contributed by atoms with Gasteiger partial charge < -0.3 is 0 Å². The number of benzene rings is 2. The lowest BCUT2D eigenvalue weighted by atomic mass is 9.71. The zero-order valence-corrected chi connectivity index (χ0v) is 13.0. The van der Waals surface area contributed by atoms with Crippen LogP contribution >= 0.6 is 0 Å². The summed E-state index contributed by atoms with van der Waals surface area (Å²) in [5.74, 6) is 0.971. The minimum absolute atomic E-state index is 0.377. The molecule has 0 radical (unpaired) electrons. The Morgan fingerprint density at radius 2 is 2.09 bits per heavy atom. The molecule has 0 bridgehead atoms. The van der Waals surface area contributed by atoms with Gasteiger partial charge in [0.15, 0.2) is 0 Å². The predicted octanol–water partition coefficient (Wildman–Crippen LogP) is 6.05. The van der Waals surface area contributed by atoms with Crippen molar-refractivity contribution in [3.05, 3.63) is 84.0 Å². The van der Waals surface area contributed by atoms with E-state index in [2.05, 4.69) is 55.6 Å². The second-order valence-corrected chi connectivity index (χ2v) is 6.58. The van der Waals surface area contributed by atoms with Gasteiger partial charge in [-0.25, -0.2) is 0 Å². The van der Waals surface area contributed by atoms with Crippen LogP contribution in [0.15, 0.2) is 67.3 Å². The molecule has 0 fully saturated rings. The van der Waals surface area contributed by atoms with E-state index in [0.29, 0.717) is 11.8 Å². The van der Waals surface area contributed by atoms with Gasteiger partial charge in [0.25, 0.3) is 0 Å². The maximum Gasteiger partial charge on any atom is 0.0229 e. The molecular weight excluding hydrogens is 264 g/mol. The Kier molecular flexibility index (Phi) is 3.26. The van der Waals surface area contributed by atoms with E-state index < -0.39 is 0 Å². The second kappa shape index (κ2) is 5.28. The van der Waals surface area contributed by atoms with Crippen molar-refractivity contribution < 1.29 is 0 Å². The van der Waals surface area contributed by atoms with Gasteiger partial charge >= 0.3 is 0 Å². The monoisotopic (exact) mass is 286 g/mol. The molecule has 2 atom stereocenters. The fourth-order valence-corrected chi connectivity index (χ4v) is 4.18. The fourth-order valence-electron chi connectivity index (χ4n) is 4.18. The van der Waals surface area contributed by atoms with E-state index in [1.54, 1.807) is 5.56 Å². The SMILES string of the molecule is C=CCCC(=C)C1C=CC2CCc3cccc4ccc1c2c34. The summed E-state index contributed by atoms with van der Waals surface area (Å²) >= 11 is 0. The highest BCUT2D eigenvalue weighted by molar-refractivity contribution is 5.92. The summed E-state index contributed by atoms with van der Waals surface area (Å²) in [6, 6.07) is 11.4. The Balaban J connectivity index is 1.88. The minimum atomic E-state index is 0.377. The number of rotatable bonds is 4. The van der Waals surface area contributed by atoms with Crippen LogP contribution in [0.4, 0.5) is 0 Å². The van der Waals surface area contributed by atoms with Gasteiger partial charge in [0.05, 0.1) is 0 Å². The van der Waals surface area contributed by atoms with Crippen molar-refractivity contribution in [1.29, 1.82) is 0 Å². The van der Waals surface area contributed by atoms with Crippen molar-refractivity contribution >= 4 is 10.8 Å². The molecular formula is C22H22. The lowest BCUT2D eigenvalue weighted by Crippen LogP contribution is -2.16. The first-order chi connectivity index (χ1) is 10.8. The third-order valence-electron chi connectivity index (χ3n) is 5.28. The predicted molar refractivity (Wildman–Crippen MR) is 95.5 cm³/mol. The van der Waals surface area contributed by atoms with E-state index >= 15 is 0 Å². The summed E-state index contributed by atoms with van der Waals surface area (Å²) in [4.78, 5) is 0. The highest BCUT2D eigenvalue weighted by Gasteiger charge is 2.29. The van der Waals surface area contributed by atoms with Gasteiger partial charge in [-0.2, -0.15) is 0 Å². The van der Waals surface area contributed by atoms with E-state index in [0.717, 1.165) is 12.8 Å². The fraction of sp³-hybridized carbons (Fsp3) is 0.273. The third-order valence-corrected chi connectivity index (χ3v) is 5.28. The smallest absolute Gasteiger partial charge is 0.0229 e. The highest BCUT2D eigenvalue weighted by atomic mass is 14.3. The molecule has 110 valence electrons. The number of aryl methyl sites for hydroxylation is 1. The van der Waals surface area contributed by atoms with Crippen LogP contribution in [-0.2, 0) is 6.42 Å². The van der Waals surface area contributed by atoms with Crippen molar-refractivity contribution in [1.82, 2.24) is 0 Å². The van der Waals surface area contributed by atoms with Crippen molar-refractivity contribution in [3.63, 3.8) is 0 Å². The van der Waals surface area contributed by atoms with Crippen LogP contribution in [0.5, 0.6) is 0 Å². The Labute approximate surface area is 132 Å². The molecule has 2 aromatic rings. The first kappa shape index (κ1) is 13.6. The third kappa shape index (κ3) is 1.98. The van der Waals surface area contributed by atoms with Gasteiger partial charge in [0.2, 0.25) is 0 Å². The average molecular weight is 286 g/mol. The van der Waals surface area contributed by atoms with Crippen molar-refractivity contribution in [2.45, 2.75) is 37.5 Å². The normalized spacial score (nSPS) is 21.8. The van der Waals surface area contributed by atoms with E-state index in [1.807, 2.05) is 6.08 Å². The molecule has 2 aliphatic carbocycles. The largest absolute Gasteiger partial charge is 0.103 e. The quantitative estimate of drug-likeness (QED) is 0.600. The summed E-state index contributed by atoms with van der Waals surface area (Å²) in [6.07, 6.45) is 11.3. The molecule has 2 aliphatic rings. The number of hydrogen-bond donors (Lipinski definition) is 0. The Morgan fingerprint density at radius 3 is 2.95 bits per heavy atom. The molecule has 2 unspecified atom stereocenters. The molecule has 0 heterocycles. The van der Waals surface area contributed by atoms with Crippen LogP contribution in [0, 0.1) is 0 Å². The van der Waals surface area contributed by atoms with Crippen LogP contribution in [-0.4, -0.2) is 0 Å². The van der Waals surface area contributed by atoms with E-state index in [-0.39, 0.29) is 0 Å². The first-order valence-electron chi connectivity index (χ1n) is 8.31. The minimum Gasteiger partial charge on any atom is -0.103 e. The van der Waals surface area contributed by atoms with Gasteiger partial charge in [-0.05, 0) is 53.1 Å². The lowest BCUT2D eigenvalue weighted by Gasteiger charge is -2.33. The van der Waals surface area contributed by atoms with E-state index in [9.17, 15) is 0 Å². The standard InChI is InChI=1S/C22H22/c1-3-4-6-15(2)19-13-11-18-10-9-16-7-5-8-17-12-14-20(19)22(18)21(16)17/h3,5,7-8,11-14,18-19H,1-2,4,6,9-10H2. The Hall–Kier alpha value is -2.08. The van der Waals surface area contributed by atoms with Crippen LogP contribution in [0.25, 0.3) is 10.8 Å². The number of hydrogen-bond acceptors (Lipinski definition) is 0. The molecule has 0 spiro atoms. The van der Waals surface area contributed by atoms with Gasteiger partial charge in [-0.3, -0.25) is 0 Å². The molecule has 0 nitrogen and oxygen atoms in total. The number of allylic oxidation sites excluding steroid dienone is 4. The molecule has 0 aliphatic heterocycles. The summed E-state index contributed by atoms with van der Waals surface area (Å²) in [6.45, 7) is 8.20. The van der Waals surface area contributed by atoms with Crippen molar-refractivity contribution in [2.24, 2.45) is 0 Å². The summed E-state index contributed by atoms with van der Waals surface area (Å²) in [5.41, 5.74) is 5.90. The lowest BCUT2D eigenvalue weighted by molar-refractivity contribution is 0.690. The van der Waals surface area contributed by atoms with Crippen molar-refractivity contribution in [3.8, 4) is 0 Å². The van der Waals surface area contributed by atoms with Crippen LogP contribution in [0.2, 0.25) is 0 Å². The van der Waals surface area contributed by atoms with Gasteiger partial charge in [-0.15, -0.1) is 6.58 Å². The molecule has 0 amide bonds. The molecule has 0 N–H and O–H groups in total. The molecule has 0 saturated carbocycles. The highest BCUT2D eigenvalue weighted by Crippen LogP contribution is 2.46. The Morgan fingerprint density at radius 1 is 1.18 bits per heavy atom. The van der Waals surface area contributed by atoms with E-state index in [1.165, 1.54) is 40.3 Å². The maximum absolute atomic E-state index is 4.36. The molecule has 2 aromatic carbocycles. The van der Waals surface area contributed by atoms with Gasteiger partial charge in [0.1, 0.15) is 0 Å². The van der Waals surface area contributed by atoms with Gasteiger partial charge in [0, 0.05) is 11.8 Å². The zero-order valence-electron chi connectivity index (χ0n) is 13.0.